The summed E-state index contributed by atoms with van der Waals surface area (Å²) in [6.07, 6.45) is 6.90. The van der Waals surface area contributed by atoms with Gasteiger partial charge in [0.25, 0.3) is 0 Å². The van der Waals surface area contributed by atoms with Crippen molar-refractivity contribution in [2.75, 3.05) is 40.5 Å². The summed E-state index contributed by atoms with van der Waals surface area (Å²) in [4.78, 5) is 72.0. The van der Waals surface area contributed by atoms with E-state index in [1.54, 1.807) is 17.3 Å². The van der Waals surface area contributed by atoms with Gasteiger partial charge in [-0.25, -0.2) is 19.6 Å². The lowest BCUT2D eigenvalue weighted by molar-refractivity contribution is -0.137. The standard InChI is InChI=1S/C45H54N8O7.3H2/c1-6-9-31-24-32(35-26-47-41(49-35)36-10-7-20-52(36)42(54)38(27(2)3)50-44(56)58-4)16-17-33(31)28-12-14-29(15-13-28)34-25-46-40(48-34)37-11-8-21-53(37)43(55)39(51-45(57)59-5)30-18-22-60-23-19-30;;;/h12-17,24-27,30,36-39H,7-8,10-11,18-23H2,1-5H3,(H,46,48)(H,47,49)(H,50,56)(H,51,57);3*1H/t36-,37-,38-,39-;;;/m0.../s1. The lowest BCUT2D eigenvalue weighted by atomic mass is 9.90. The first-order valence-electron chi connectivity index (χ1n) is 20.8. The number of hydrogen-bond acceptors (Lipinski definition) is 9. The van der Waals surface area contributed by atoms with Gasteiger partial charge in [0.05, 0.1) is 50.1 Å². The Balaban J connectivity index is 0.00000290. The van der Waals surface area contributed by atoms with Gasteiger partial charge in [-0.15, -0.1) is 5.92 Å². The van der Waals surface area contributed by atoms with Gasteiger partial charge < -0.3 is 44.6 Å². The molecule has 15 nitrogen and oxygen atoms in total. The van der Waals surface area contributed by atoms with Crippen molar-refractivity contribution >= 4 is 24.0 Å². The number of carbonyl (C=O) groups is 4. The molecule has 0 bridgehead atoms. The Morgan fingerprint density at radius 1 is 0.783 bits per heavy atom. The van der Waals surface area contributed by atoms with Crippen LogP contribution in [0.3, 0.4) is 0 Å². The lowest BCUT2D eigenvalue weighted by Crippen LogP contribution is -2.53. The maximum Gasteiger partial charge on any atom is 0.407 e. The minimum Gasteiger partial charge on any atom is -0.453 e. The smallest absolute Gasteiger partial charge is 0.407 e. The highest BCUT2D eigenvalue weighted by Crippen LogP contribution is 2.36. The number of rotatable bonds is 11. The third kappa shape index (κ3) is 9.03. The summed E-state index contributed by atoms with van der Waals surface area (Å²) < 4.78 is 15.2. The number of hydrogen-bond donors (Lipinski definition) is 4. The van der Waals surface area contributed by atoms with Crippen LogP contribution in [0.2, 0.25) is 0 Å². The van der Waals surface area contributed by atoms with E-state index < -0.39 is 24.3 Å². The first-order chi connectivity index (χ1) is 29.1. The Hall–Kier alpha value is -6.14. The maximum atomic E-state index is 14.0. The van der Waals surface area contributed by atoms with Gasteiger partial charge in [-0.3, -0.25) is 9.59 Å². The summed E-state index contributed by atoms with van der Waals surface area (Å²) in [5.41, 5.74) is 6.36. The number of nitrogens with zero attached hydrogens (tertiary/aromatic N) is 4. The van der Waals surface area contributed by atoms with Crippen LogP contribution in [0, 0.1) is 23.7 Å². The number of amides is 4. The van der Waals surface area contributed by atoms with Gasteiger partial charge in [-0.2, -0.15) is 0 Å². The molecular formula is C45H60N8O7. The van der Waals surface area contributed by atoms with Crippen LogP contribution in [-0.4, -0.2) is 106 Å². The van der Waals surface area contributed by atoms with Gasteiger partial charge in [0.15, 0.2) is 0 Å². The zero-order valence-corrected chi connectivity index (χ0v) is 34.9. The molecule has 0 saturated carbocycles. The van der Waals surface area contributed by atoms with Crippen molar-refractivity contribution in [1.82, 2.24) is 40.4 Å². The zero-order chi connectivity index (χ0) is 42.3. The van der Waals surface area contributed by atoms with Crippen LogP contribution in [0.15, 0.2) is 54.9 Å². The summed E-state index contributed by atoms with van der Waals surface area (Å²) in [7, 11) is 2.59. The topological polar surface area (TPSA) is 184 Å². The number of ether oxygens (including phenoxy) is 3. The third-order valence-corrected chi connectivity index (χ3v) is 11.8. The molecule has 5 heterocycles. The second kappa shape index (κ2) is 18.8. The Kier molecular flexibility index (Phi) is 13.2. The first-order valence-corrected chi connectivity index (χ1v) is 20.8. The average molecular weight is 825 g/mol. The highest BCUT2D eigenvalue weighted by molar-refractivity contribution is 5.87. The number of alkyl carbamates (subject to hydrolysis) is 2. The Morgan fingerprint density at radius 3 is 1.92 bits per heavy atom. The second-order valence-electron chi connectivity index (χ2n) is 15.9. The van der Waals surface area contributed by atoms with Gasteiger partial charge in [-0.1, -0.05) is 56.2 Å². The highest BCUT2D eigenvalue weighted by Gasteiger charge is 2.40. The van der Waals surface area contributed by atoms with E-state index in [-0.39, 0.29) is 40.0 Å². The number of benzene rings is 2. The number of aromatic nitrogens is 4. The fraction of sp³-hybridized carbons (Fsp3) is 0.467. The van der Waals surface area contributed by atoms with Crippen LogP contribution in [-0.2, 0) is 23.8 Å². The molecule has 2 aromatic heterocycles. The van der Waals surface area contributed by atoms with Crippen LogP contribution in [0.4, 0.5) is 9.59 Å². The molecule has 4 amide bonds. The molecule has 3 aliphatic rings. The van der Waals surface area contributed by atoms with Gasteiger partial charge in [-0.05, 0) is 80.0 Å². The molecule has 3 aliphatic heterocycles. The summed E-state index contributed by atoms with van der Waals surface area (Å²) in [6.45, 7) is 7.87. The molecule has 3 fully saturated rings. The van der Waals surface area contributed by atoms with Crippen LogP contribution in [0.1, 0.15) is 92.9 Å². The molecule has 0 unspecified atom stereocenters. The largest absolute Gasteiger partial charge is 0.453 e. The summed E-state index contributed by atoms with van der Waals surface area (Å²) in [5, 5.41) is 5.51. The van der Waals surface area contributed by atoms with Gasteiger partial charge >= 0.3 is 12.2 Å². The Labute approximate surface area is 354 Å². The predicted molar refractivity (Wildman–Crippen MR) is 230 cm³/mol. The zero-order valence-electron chi connectivity index (χ0n) is 34.9. The van der Waals surface area contributed by atoms with E-state index in [0.717, 1.165) is 64.9 Å². The van der Waals surface area contributed by atoms with E-state index in [2.05, 4.69) is 50.6 Å². The molecular weight excluding hydrogens is 765 g/mol. The number of H-pyrrole nitrogens is 2. The summed E-state index contributed by atoms with van der Waals surface area (Å²) in [5.74, 6) is 7.32. The number of likely N-dealkylation sites (tertiary alicyclic amines) is 2. The first kappa shape index (κ1) is 42.0. The minimum absolute atomic E-state index is 0. The van der Waals surface area contributed by atoms with Crippen LogP contribution < -0.4 is 10.6 Å². The fourth-order valence-corrected chi connectivity index (χ4v) is 8.64. The van der Waals surface area contributed by atoms with Gasteiger partial charge in [0.2, 0.25) is 11.8 Å². The van der Waals surface area contributed by atoms with E-state index in [4.69, 9.17) is 24.2 Å². The number of nitrogens with one attached hydrogen (secondary N) is 4. The number of imidazole rings is 2. The fourth-order valence-electron chi connectivity index (χ4n) is 8.64. The van der Waals surface area contributed by atoms with Gasteiger partial charge in [0.1, 0.15) is 23.7 Å². The number of methoxy groups -OCH3 is 2. The van der Waals surface area contributed by atoms with Crippen LogP contribution in [0.5, 0.6) is 0 Å². The van der Waals surface area contributed by atoms with E-state index in [1.807, 2.05) is 49.9 Å². The lowest BCUT2D eigenvalue weighted by Gasteiger charge is -2.34. The number of carbonyl (C=O) groups excluding carboxylic acids is 4. The molecule has 2 aromatic carbocycles. The van der Waals surface area contributed by atoms with E-state index in [1.165, 1.54) is 14.2 Å². The highest BCUT2D eigenvalue weighted by atomic mass is 16.5. The molecule has 322 valence electrons. The van der Waals surface area contributed by atoms with Crippen molar-refractivity contribution in [1.29, 1.82) is 0 Å². The SMILES string of the molecule is CC#Cc1cc(-c2cnc([C@@H]3CCCN3C(=O)[C@@H](NC(=O)OC)C(C)C)[nH]2)ccc1-c1ccc(-c2cnc([C@@H]3CCCN3C(=O)[C@@H](NC(=O)OC)C3CCOCC3)[nH]2)cc1.[HH].[HH].[HH]. The van der Waals surface area contributed by atoms with E-state index >= 15 is 0 Å². The van der Waals surface area contributed by atoms with E-state index in [9.17, 15) is 19.2 Å². The molecule has 0 spiro atoms. The van der Waals surface area contributed by atoms with Crippen molar-refractivity contribution in [3.63, 3.8) is 0 Å². The molecule has 3 saturated heterocycles. The maximum absolute atomic E-state index is 14.0. The monoisotopic (exact) mass is 824 g/mol. The average Bonchev–Trinajstić information content (AvgIpc) is 4.12. The normalized spacial score (nSPS) is 19.0. The Morgan fingerprint density at radius 2 is 1.33 bits per heavy atom. The molecule has 7 rings (SSSR count). The van der Waals surface area contributed by atoms with Crippen molar-refractivity contribution < 1.29 is 37.7 Å². The molecule has 60 heavy (non-hydrogen) atoms. The van der Waals surface area contributed by atoms with Crippen LogP contribution in [0.25, 0.3) is 33.6 Å². The predicted octanol–water partition coefficient (Wildman–Crippen LogP) is 7.10. The molecule has 4 aromatic rings. The summed E-state index contributed by atoms with van der Waals surface area (Å²) in [6, 6.07) is 12.5. The van der Waals surface area contributed by atoms with Gasteiger partial charge in [0, 0.05) is 41.7 Å². The van der Waals surface area contributed by atoms with Crippen molar-refractivity contribution in [3.8, 4) is 45.5 Å². The third-order valence-electron chi connectivity index (χ3n) is 11.8. The van der Waals surface area contributed by atoms with Crippen LogP contribution >= 0.6 is 0 Å². The van der Waals surface area contributed by atoms with Crippen molar-refractivity contribution in [3.05, 3.63) is 72.1 Å². The second-order valence-corrected chi connectivity index (χ2v) is 15.9. The van der Waals surface area contributed by atoms with E-state index in [0.29, 0.717) is 50.8 Å². The molecule has 15 heteroatoms. The molecule has 0 aliphatic carbocycles. The number of aromatic amines is 2. The summed E-state index contributed by atoms with van der Waals surface area (Å²) >= 11 is 0. The minimum atomic E-state index is -0.707. The van der Waals surface area contributed by atoms with Crippen molar-refractivity contribution in [2.24, 2.45) is 11.8 Å². The molecule has 4 N–H and O–H groups in total. The quantitative estimate of drug-likeness (QED) is 0.115. The molecule has 4 atom stereocenters. The molecule has 0 radical (unpaired) electrons. The van der Waals surface area contributed by atoms with Crippen molar-refractivity contribution in [2.45, 2.75) is 83.5 Å². The Bertz CT molecular complexity index is 2250.